The highest BCUT2D eigenvalue weighted by Gasteiger charge is 2.12. The van der Waals surface area contributed by atoms with Crippen LogP contribution in [0.2, 0.25) is 5.02 Å². The first-order valence-electron chi connectivity index (χ1n) is 6.32. The third-order valence-electron chi connectivity index (χ3n) is 3.03. The van der Waals surface area contributed by atoms with E-state index in [4.69, 9.17) is 16.3 Å². The molecule has 0 amide bonds. The van der Waals surface area contributed by atoms with E-state index in [9.17, 15) is 5.11 Å². The Bertz CT molecular complexity index is 566. The maximum absolute atomic E-state index is 10.0. The van der Waals surface area contributed by atoms with E-state index in [1.807, 2.05) is 50.2 Å². The van der Waals surface area contributed by atoms with Crippen molar-refractivity contribution < 1.29 is 9.84 Å². The van der Waals surface area contributed by atoms with E-state index in [0.717, 1.165) is 11.1 Å². The highest BCUT2D eigenvalue weighted by atomic mass is 35.5. The normalized spacial score (nSPS) is 12.2. The van der Waals surface area contributed by atoms with Crippen molar-refractivity contribution in [2.75, 3.05) is 0 Å². The van der Waals surface area contributed by atoms with Gasteiger partial charge in [0.1, 0.15) is 11.5 Å². The molecular formula is C16H17ClO2. The van der Waals surface area contributed by atoms with E-state index in [1.165, 1.54) is 0 Å². The van der Waals surface area contributed by atoms with Gasteiger partial charge in [0, 0.05) is 10.6 Å². The number of hydrogen-bond acceptors (Lipinski definition) is 2. The Labute approximate surface area is 118 Å². The maximum atomic E-state index is 10.0. The molecule has 0 heterocycles. The number of benzene rings is 2. The van der Waals surface area contributed by atoms with Crippen LogP contribution in [0.4, 0.5) is 0 Å². The van der Waals surface area contributed by atoms with Crippen LogP contribution in [0.1, 0.15) is 30.6 Å². The molecule has 2 nitrogen and oxygen atoms in total. The Balaban J connectivity index is 2.35. The van der Waals surface area contributed by atoms with Gasteiger partial charge in [0.15, 0.2) is 0 Å². The van der Waals surface area contributed by atoms with Crippen molar-refractivity contribution in [2.24, 2.45) is 0 Å². The smallest absolute Gasteiger partial charge is 0.133 e. The Morgan fingerprint density at radius 1 is 1.16 bits per heavy atom. The number of aliphatic hydroxyl groups is 1. The second-order valence-corrected chi connectivity index (χ2v) is 4.91. The first-order valence-corrected chi connectivity index (χ1v) is 6.70. The molecule has 0 aromatic heterocycles. The SMILES string of the molecule is CC[C@H](O)c1ccccc1Oc1cc(Cl)ccc1C. The topological polar surface area (TPSA) is 29.5 Å². The molecule has 0 spiro atoms. The lowest BCUT2D eigenvalue weighted by Crippen LogP contribution is -1.99. The van der Waals surface area contributed by atoms with Crippen molar-refractivity contribution in [1.82, 2.24) is 0 Å². The van der Waals surface area contributed by atoms with Crippen molar-refractivity contribution in [3.63, 3.8) is 0 Å². The van der Waals surface area contributed by atoms with Gasteiger partial charge in [0.25, 0.3) is 0 Å². The molecule has 0 aliphatic rings. The third kappa shape index (κ3) is 3.28. The van der Waals surface area contributed by atoms with E-state index in [1.54, 1.807) is 6.07 Å². The molecule has 0 radical (unpaired) electrons. The summed E-state index contributed by atoms with van der Waals surface area (Å²) in [6, 6.07) is 13.0. The molecular weight excluding hydrogens is 260 g/mol. The van der Waals surface area contributed by atoms with Gasteiger partial charge in [-0.25, -0.2) is 0 Å². The molecule has 0 fully saturated rings. The second kappa shape index (κ2) is 6.09. The van der Waals surface area contributed by atoms with Crippen LogP contribution in [0, 0.1) is 6.92 Å². The summed E-state index contributed by atoms with van der Waals surface area (Å²) in [7, 11) is 0. The molecule has 3 heteroatoms. The summed E-state index contributed by atoms with van der Waals surface area (Å²) in [5, 5.41) is 10.6. The average molecular weight is 277 g/mol. The molecule has 1 atom stereocenters. The van der Waals surface area contributed by atoms with Crippen LogP contribution in [0.15, 0.2) is 42.5 Å². The molecule has 0 saturated heterocycles. The van der Waals surface area contributed by atoms with Gasteiger partial charge in [-0.15, -0.1) is 0 Å². The summed E-state index contributed by atoms with van der Waals surface area (Å²) >= 11 is 5.98. The highest BCUT2D eigenvalue weighted by molar-refractivity contribution is 6.30. The summed E-state index contributed by atoms with van der Waals surface area (Å²) in [6.45, 7) is 3.90. The Morgan fingerprint density at radius 2 is 1.89 bits per heavy atom. The zero-order valence-electron chi connectivity index (χ0n) is 11.1. The molecule has 2 aromatic carbocycles. The predicted octanol–water partition coefficient (Wildman–Crippen LogP) is 4.88. The van der Waals surface area contributed by atoms with Crippen molar-refractivity contribution in [3.05, 3.63) is 58.6 Å². The predicted molar refractivity (Wildman–Crippen MR) is 78.0 cm³/mol. The monoisotopic (exact) mass is 276 g/mol. The van der Waals surface area contributed by atoms with Crippen LogP contribution >= 0.6 is 11.6 Å². The van der Waals surface area contributed by atoms with Gasteiger partial charge in [0.05, 0.1) is 6.10 Å². The standard InChI is InChI=1S/C16H17ClO2/c1-3-14(18)13-6-4-5-7-15(13)19-16-10-12(17)9-8-11(16)2/h4-10,14,18H,3H2,1-2H3/t14-/m0/s1. The fourth-order valence-electron chi connectivity index (χ4n) is 1.87. The van der Waals surface area contributed by atoms with Crippen LogP contribution in [0.3, 0.4) is 0 Å². The van der Waals surface area contributed by atoms with E-state index in [0.29, 0.717) is 22.9 Å². The molecule has 0 aliphatic heterocycles. The lowest BCUT2D eigenvalue weighted by molar-refractivity contribution is 0.170. The molecule has 2 rings (SSSR count). The van der Waals surface area contributed by atoms with Gasteiger partial charge >= 0.3 is 0 Å². The van der Waals surface area contributed by atoms with Crippen LogP contribution in [0.5, 0.6) is 11.5 Å². The summed E-state index contributed by atoms with van der Waals surface area (Å²) in [5.41, 5.74) is 1.80. The van der Waals surface area contributed by atoms with E-state index in [2.05, 4.69) is 0 Å². The Morgan fingerprint density at radius 3 is 2.63 bits per heavy atom. The van der Waals surface area contributed by atoms with Gasteiger partial charge < -0.3 is 9.84 Å². The molecule has 0 saturated carbocycles. The molecule has 0 unspecified atom stereocenters. The fraction of sp³-hybridized carbons (Fsp3) is 0.250. The lowest BCUT2D eigenvalue weighted by Gasteiger charge is -2.16. The largest absolute Gasteiger partial charge is 0.457 e. The van der Waals surface area contributed by atoms with E-state index in [-0.39, 0.29) is 0 Å². The molecule has 100 valence electrons. The zero-order valence-corrected chi connectivity index (χ0v) is 11.8. The van der Waals surface area contributed by atoms with Crippen molar-refractivity contribution in [1.29, 1.82) is 0 Å². The Kier molecular flexibility index (Phi) is 4.46. The summed E-state index contributed by atoms with van der Waals surface area (Å²) in [6.07, 6.45) is 0.130. The fourth-order valence-corrected chi connectivity index (χ4v) is 2.03. The minimum atomic E-state index is -0.518. The summed E-state index contributed by atoms with van der Waals surface area (Å²) in [4.78, 5) is 0. The molecule has 0 aliphatic carbocycles. The molecule has 0 bridgehead atoms. The number of rotatable bonds is 4. The highest BCUT2D eigenvalue weighted by Crippen LogP contribution is 2.33. The number of aliphatic hydroxyl groups excluding tert-OH is 1. The number of ether oxygens (including phenoxy) is 1. The van der Waals surface area contributed by atoms with Gasteiger partial charge in [-0.1, -0.05) is 42.8 Å². The molecule has 1 N–H and O–H groups in total. The lowest BCUT2D eigenvalue weighted by atomic mass is 10.1. The minimum Gasteiger partial charge on any atom is -0.457 e. The maximum Gasteiger partial charge on any atom is 0.133 e. The van der Waals surface area contributed by atoms with Gasteiger partial charge in [-0.05, 0) is 37.1 Å². The third-order valence-corrected chi connectivity index (χ3v) is 3.27. The minimum absolute atomic E-state index is 0.518. The van der Waals surface area contributed by atoms with Gasteiger partial charge in [-0.2, -0.15) is 0 Å². The summed E-state index contributed by atoms with van der Waals surface area (Å²) in [5.74, 6) is 1.38. The average Bonchev–Trinajstić information content (AvgIpc) is 2.42. The van der Waals surface area contributed by atoms with Crippen LogP contribution in [-0.4, -0.2) is 5.11 Å². The summed E-state index contributed by atoms with van der Waals surface area (Å²) < 4.78 is 5.90. The number of aryl methyl sites for hydroxylation is 1. The van der Waals surface area contributed by atoms with E-state index >= 15 is 0 Å². The van der Waals surface area contributed by atoms with Crippen LogP contribution in [-0.2, 0) is 0 Å². The van der Waals surface area contributed by atoms with Crippen LogP contribution < -0.4 is 4.74 Å². The quantitative estimate of drug-likeness (QED) is 0.862. The molecule has 2 aromatic rings. The Hall–Kier alpha value is -1.51. The van der Waals surface area contributed by atoms with Crippen molar-refractivity contribution in [2.45, 2.75) is 26.4 Å². The first kappa shape index (κ1) is 13.9. The second-order valence-electron chi connectivity index (χ2n) is 4.47. The van der Waals surface area contributed by atoms with E-state index < -0.39 is 6.10 Å². The van der Waals surface area contributed by atoms with Gasteiger partial charge in [-0.3, -0.25) is 0 Å². The zero-order chi connectivity index (χ0) is 13.8. The number of hydrogen-bond donors (Lipinski definition) is 1. The number of halogens is 1. The van der Waals surface area contributed by atoms with Crippen LogP contribution in [0.25, 0.3) is 0 Å². The number of para-hydroxylation sites is 1. The van der Waals surface area contributed by atoms with Gasteiger partial charge in [0.2, 0.25) is 0 Å². The first-order chi connectivity index (χ1) is 9.11. The van der Waals surface area contributed by atoms with Crippen molar-refractivity contribution in [3.8, 4) is 11.5 Å². The molecule has 19 heavy (non-hydrogen) atoms. The van der Waals surface area contributed by atoms with Crippen molar-refractivity contribution >= 4 is 11.6 Å².